The maximum atomic E-state index is 13.8. The molecule has 0 aliphatic carbocycles. The van der Waals surface area contributed by atoms with Crippen molar-refractivity contribution in [3.05, 3.63) is 47.3 Å². The maximum Gasteiger partial charge on any atom is 0.241 e. The molecule has 2 N–H and O–H groups in total. The van der Waals surface area contributed by atoms with Gasteiger partial charge in [-0.05, 0) is 17.7 Å². The summed E-state index contributed by atoms with van der Waals surface area (Å²) in [5.74, 6) is -0.688. The third kappa shape index (κ3) is 4.75. The number of nitrogens with one attached hydrogen (secondary N) is 2. The van der Waals surface area contributed by atoms with Crippen molar-refractivity contribution in [2.45, 2.75) is 12.6 Å². The van der Waals surface area contributed by atoms with Crippen molar-refractivity contribution < 1.29 is 13.9 Å². The molecule has 1 aromatic carbocycles. The van der Waals surface area contributed by atoms with Crippen molar-refractivity contribution in [1.82, 2.24) is 25.4 Å². The number of rotatable bonds is 5. The van der Waals surface area contributed by atoms with E-state index in [-0.39, 0.29) is 29.5 Å². The van der Waals surface area contributed by atoms with Crippen LogP contribution in [-0.2, 0) is 16.1 Å². The molecule has 9 heteroatoms. The van der Waals surface area contributed by atoms with Gasteiger partial charge in [-0.25, -0.2) is 14.1 Å². The maximum absolute atomic E-state index is 13.8. The summed E-state index contributed by atoms with van der Waals surface area (Å²) >= 11 is 5.76. The van der Waals surface area contributed by atoms with E-state index >= 15 is 0 Å². The largest absolute Gasteiger partial charge is 0.372 e. The van der Waals surface area contributed by atoms with Crippen LogP contribution in [0.2, 0.25) is 5.02 Å². The molecule has 1 aromatic heterocycles. The Labute approximate surface area is 149 Å². The van der Waals surface area contributed by atoms with E-state index < -0.39 is 5.82 Å². The van der Waals surface area contributed by atoms with Crippen LogP contribution in [0.1, 0.15) is 11.7 Å². The fraction of sp³-hybridized carbons (Fsp3) is 0.438. The first-order valence-corrected chi connectivity index (χ1v) is 8.37. The third-order valence-electron chi connectivity index (χ3n) is 4.02. The molecule has 2 aromatic rings. The van der Waals surface area contributed by atoms with Gasteiger partial charge in [0, 0.05) is 25.6 Å². The zero-order valence-corrected chi connectivity index (χ0v) is 14.2. The Morgan fingerprint density at radius 2 is 2.40 bits per heavy atom. The number of hydrogen-bond donors (Lipinski definition) is 2. The summed E-state index contributed by atoms with van der Waals surface area (Å²) in [7, 11) is 0. The van der Waals surface area contributed by atoms with Crippen LogP contribution >= 0.6 is 11.6 Å². The van der Waals surface area contributed by atoms with E-state index in [1.807, 2.05) is 0 Å². The van der Waals surface area contributed by atoms with Gasteiger partial charge in [0.2, 0.25) is 5.91 Å². The molecule has 7 nitrogen and oxygen atoms in total. The van der Waals surface area contributed by atoms with Crippen LogP contribution in [0, 0.1) is 11.7 Å². The number of hydrogen-bond acceptors (Lipinski definition) is 5. The van der Waals surface area contributed by atoms with Crippen molar-refractivity contribution in [3.8, 4) is 0 Å². The smallest absolute Gasteiger partial charge is 0.241 e. The SMILES string of the molecule is O=C(Cn1cncn1)NC[C@@H]1CNCCO[C@H]1c1ccc(Cl)c(F)c1. The van der Waals surface area contributed by atoms with Crippen LogP contribution in [0.4, 0.5) is 4.39 Å². The number of benzene rings is 1. The van der Waals surface area contributed by atoms with Gasteiger partial charge in [-0.1, -0.05) is 17.7 Å². The van der Waals surface area contributed by atoms with Crippen LogP contribution in [0.25, 0.3) is 0 Å². The fourth-order valence-electron chi connectivity index (χ4n) is 2.79. The molecule has 0 saturated carbocycles. The molecule has 3 rings (SSSR count). The van der Waals surface area contributed by atoms with E-state index in [9.17, 15) is 9.18 Å². The fourth-order valence-corrected chi connectivity index (χ4v) is 2.91. The minimum atomic E-state index is -0.478. The second-order valence-corrected chi connectivity index (χ2v) is 6.23. The Morgan fingerprint density at radius 3 is 3.16 bits per heavy atom. The zero-order chi connectivity index (χ0) is 17.6. The van der Waals surface area contributed by atoms with Gasteiger partial charge in [-0.15, -0.1) is 0 Å². The highest BCUT2D eigenvalue weighted by molar-refractivity contribution is 6.30. The van der Waals surface area contributed by atoms with Crippen LogP contribution in [-0.4, -0.2) is 46.9 Å². The first-order valence-electron chi connectivity index (χ1n) is 8.00. The minimum Gasteiger partial charge on any atom is -0.372 e. The second-order valence-electron chi connectivity index (χ2n) is 5.83. The van der Waals surface area contributed by atoms with Crippen molar-refractivity contribution >= 4 is 17.5 Å². The highest BCUT2D eigenvalue weighted by Crippen LogP contribution is 2.29. The third-order valence-corrected chi connectivity index (χ3v) is 4.32. The van der Waals surface area contributed by atoms with E-state index in [4.69, 9.17) is 16.3 Å². The second kappa shape index (κ2) is 8.37. The van der Waals surface area contributed by atoms with Gasteiger partial charge < -0.3 is 15.4 Å². The standard InChI is InChI=1S/C16H19ClFN5O2/c17-13-2-1-11(5-14(13)18)16-12(6-19-3-4-25-16)7-21-15(24)8-23-10-20-9-22-23/h1-2,5,9-10,12,16,19H,3-4,6-8H2,(H,21,24)/t12-,16-/m0/s1. The summed E-state index contributed by atoms with van der Waals surface area (Å²) < 4.78 is 21.1. The lowest BCUT2D eigenvalue weighted by molar-refractivity contribution is -0.122. The Morgan fingerprint density at radius 1 is 1.52 bits per heavy atom. The number of halogens is 2. The Kier molecular flexibility index (Phi) is 5.95. The molecule has 2 heterocycles. The highest BCUT2D eigenvalue weighted by Gasteiger charge is 2.27. The van der Waals surface area contributed by atoms with Crippen LogP contribution < -0.4 is 10.6 Å². The molecule has 134 valence electrons. The zero-order valence-electron chi connectivity index (χ0n) is 13.5. The summed E-state index contributed by atoms with van der Waals surface area (Å²) in [6.45, 7) is 2.36. The number of nitrogens with zero attached hydrogens (tertiary/aromatic N) is 3. The number of amides is 1. The average Bonchev–Trinajstić information content (AvgIpc) is 2.98. The van der Waals surface area contributed by atoms with Gasteiger partial charge in [-0.3, -0.25) is 4.79 Å². The van der Waals surface area contributed by atoms with Crippen LogP contribution in [0.15, 0.2) is 30.9 Å². The Balaban J connectivity index is 1.65. The molecule has 1 aliphatic heterocycles. The molecule has 1 saturated heterocycles. The molecule has 25 heavy (non-hydrogen) atoms. The summed E-state index contributed by atoms with van der Waals surface area (Å²) in [6, 6.07) is 4.67. The molecular weight excluding hydrogens is 349 g/mol. The number of carbonyl (C=O) groups excluding carboxylic acids is 1. The van der Waals surface area contributed by atoms with Gasteiger partial charge in [0.25, 0.3) is 0 Å². The average molecular weight is 368 g/mol. The predicted molar refractivity (Wildman–Crippen MR) is 89.5 cm³/mol. The van der Waals surface area contributed by atoms with E-state index in [0.717, 1.165) is 0 Å². The summed E-state index contributed by atoms with van der Waals surface area (Å²) in [6.07, 6.45) is 2.53. The lowest BCUT2D eigenvalue weighted by atomic mass is 9.95. The lowest BCUT2D eigenvalue weighted by Gasteiger charge is -2.25. The van der Waals surface area contributed by atoms with Gasteiger partial charge in [-0.2, -0.15) is 5.10 Å². The van der Waals surface area contributed by atoms with Crippen LogP contribution in [0.5, 0.6) is 0 Å². The highest BCUT2D eigenvalue weighted by atomic mass is 35.5. The quantitative estimate of drug-likeness (QED) is 0.829. The van der Waals surface area contributed by atoms with Crippen molar-refractivity contribution in [2.24, 2.45) is 5.92 Å². The van der Waals surface area contributed by atoms with Gasteiger partial charge >= 0.3 is 0 Å². The Bertz CT molecular complexity index is 713. The van der Waals surface area contributed by atoms with E-state index in [0.29, 0.717) is 31.8 Å². The molecule has 1 aliphatic rings. The van der Waals surface area contributed by atoms with Crippen molar-refractivity contribution in [2.75, 3.05) is 26.2 Å². The Hall–Kier alpha value is -2.03. The molecule has 1 fully saturated rings. The number of ether oxygens (including phenoxy) is 1. The monoisotopic (exact) mass is 367 g/mol. The lowest BCUT2D eigenvalue weighted by Crippen LogP contribution is -2.38. The van der Waals surface area contributed by atoms with Crippen molar-refractivity contribution in [1.29, 1.82) is 0 Å². The van der Waals surface area contributed by atoms with Crippen LogP contribution in [0.3, 0.4) is 0 Å². The van der Waals surface area contributed by atoms with Crippen molar-refractivity contribution in [3.63, 3.8) is 0 Å². The first-order chi connectivity index (χ1) is 12.1. The molecule has 2 atom stereocenters. The molecule has 0 unspecified atom stereocenters. The normalized spacial score (nSPS) is 20.9. The van der Waals surface area contributed by atoms with E-state index in [1.165, 1.54) is 29.5 Å². The summed E-state index contributed by atoms with van der Waals surface area (Å²) in [5, 5.41) is 10.1. The molecule has 0 bridgehead atoms. The summed E-state index contributed by atoms with van der Waals surface area (Å²) in [5.41, 5.74) is 0.709. The van der Waals surface area contributed by atoms with Gasteiger partial charge in [0.05, 0.1) is 17.7 Å². The molecule has 0 spiro atoms. The topological polar surface area (TPSA) is 81.1 Å². The molecule has 1 amide bonds. The first kappa shape index (κ1) is 17.8. The number of aromatic nitrogens is 3. The number of carbonyl (C=O) groups is 1. The van der Waals surface area contributed by atoms with E-state index in [1.54, 1.807) is 6.07 Å². The predicted octanol–water partition coefficient (Wildman–Crippen LogP) is 1.16. The molecular formula is C16H19ClFN5O2. The van der Waals surface area contributed by atoms with Gasteiger partial charge in [0.1, 0.15) is 25.0 Å². The van der Waals surface area contributed by atoms with Gasteiger partial charge in [0.15, 0.2) is 0 Å². The molecule has 0 radical (unpaired) electrons. The minimum absolute atomic E-state index is 0.0391. The van der Waals surface area contributed by atoms with E-state index in [2.05, 4.69) is 20.7 Å². The summed E-state index contributed by atoms with van der Waals surface area (Å²) in [4.78, 5) is 15.8.